The fraction of sp³-hybridized carbons (Fsp3) is 0.462. The number of fused-ring (bicyclic) bond motifs is 1. The molecule has 19 heavy (non-hydrogen) atoms. The summed E-state index contributed by atoms with van der Waals surface area (Å²) in [5.41, 5.74) is 2.06. The topological polar surface area (TPSA) is 79.0 Å². The summed E-state index contributed by atoms with van der Waals surface area (Å²) in [6, 6.07) is 1.64. The minimum absolute atomic E-state index is 0. The molecule has 2 saturated carbocycles. The third kappa shape index (κ3) is 2.20. The van der Waals surface area contributed by atoms with Gasteiger partial charge in [-0.15, -0.1) is 0 Å². The number of aromatic carboxylic acids is 1. The Morgan fingerprint density at radius 1 is 1.26 bits per heavy atom. The molecule has 0 unspecified atom stereocenters. The molecule has 0 spiro atoms. The quantitative estimate of drug-likeness (QED) is 0.622. The van der Waals surface area contributed by atoms with E-state index in [4.69, 9.17) is 4.52 Å². The smallest absolute Gasteiger partial charge is 0.545 e. The Balaban J connectivity index is 0.00000110. The van der Waals surface area contributed by atoms with Crippen molar-refractivity contribution in [1.29, 1.82) is 0 Å². The molecule has 2 aromatic rings. The van der Waals surface area contributed by atoms with Crippen LogP contribution in [0.5, 0.6) is 0 Å². The Hall–Kier alpha value is -0.910. The first-order valence-corrected chi connectivity index (χ1v) is 6.25. The first-order chi connectivity index (χ1) is 8.74. The molecular weight excluding hydrogens is 255 g/mol. The molecule has 6 heteroatoms. The van der Waals surface area contributed by atoms with E-state index in [2.05, 4.69) is 10.1 Å². The van der Waals surface area contributed by atoms with Gasteiger partial charge >= 0.3 is 29.6 Å². The van der Waals surface area contributed by atoms with E-state index in [9.17, 15) is 9.90 Å². The SMILES string of the molecule is O=C([O-])c1cc(C2CC2)nc2onc(C3CC3)c12.[Na+]. The maximum atomic E-state index is 11.3. The third-order valence-electron chi connectivity index (χ3n) is 3.67. The van der Waals surface area contributed by atoms with Crippen molar-refractivity contribution in [1.82, 2.24) is 10.1 Å². The molecule has 2 fully saturated rings. The number of carbonyl (C=O) groups is 1. The molecule has 5 nitrogen and oxygen atoms in total. The van der Waals surface area contributed by atoms with E-state index in [0.29, 0.717) is 22.9 Å². The molecule has 4 rings (SSSR count). The zero-order chi connectivity index (χ0) is 12.3. The zero-order valence-electron chi connectivity index (χ0n) is 10.7. The standard InChI is InChI=1S/C13H12N2O3.Na/c16-13(17)8-5-9(6-1-2-6)14-12-10(8)11(15-18-12)7-3-4-7;/h5-7H,1-4H2,(H,16,17);/q;+1/p-1. The summed E-state index contributed by atoms with van der Waals surface area (Å²) in [7, 11) is 0. The maximum Gasteiger partial charge on any atom is 1.00 e. The average molecular weight is 266 g/mol. The molecule has 0 radical (unpaired) electrons. The van der Waals surface area contributed by atoms with Crippen LogP contribution in [0.4, 0.5) is 0 Å². The van der Waals surface area contributed by atoms with Crippen molar-refractivity contribution in [3.63, 3.8) is 0 Å². The van der Waals surface area contributed by atoms with Crippen molar-refractivity contribution in [2.45, 2.75) is 37.5 Å². The number of hydrogen-bond donors (Lipinski definition) is 0. The van der Waals surface area contributed by atoms with Crippen LogP contribution in [0, 0.1) is 0 Å². The Bertz CT molecular complexity index is 659. The van der Waals surface area contributed by atoms with E-state index in [-0.39, 0.29) is 35.1 Å². The summed E-state index contributed by atoms with van der Waals surface area (Å²) in [6.07, 6.45) is 4.21. The summed E-state index contributed by atoms with van der Waals surface area (Å²) >= 11 is 0. The number of nitrogens with zero attached hydrogens (tertiary/aromatic N) is 2. The summed E-state index contributed by atoms with van der Waals surface area (Å²) in [4.78, 5) is 15.7. The summed E-state index contributed by atoms with van der Waals surface area (Å²) < 4.78 is 5.21. The number of carboxylic acids is 1. The van der Waals surface area contributed by atoms with Gasteiger partial charge in [0.15, 0.2) is 0 Å². The minimum atomic E-state index is -1.17. The van der Waals surface area contributed by atoms with Gasteiger partial charge in [0.05, 0.1) is 17.0 Å². The van der Waals surface area contributed by atoms with Crippen LogP contribution in [-0.2, 0) is 0 Å². The van der Waals surface area contributed by atoms with Gasteiger partial charge in [-0.05, 0) is 31.7 Å². The first kappa shape index (κ1) is 13.1. The molecule has 2 aliphatic rings. The van der Waals surface area contributed by atoms with E-state index in [1.54, 1.807) is 6.07 Å². The molecular formula is C13H11N2NaO3. The molecule has 2 heterocycles. The van der Waals surface area contributed by atoms with Crippen molar-refractivity contribution in [3.8, 4) is 0 Å². The first-order valence-electron chi connectivity index (χ1n) is 6.25. The summed E-state index contributed by atoms with van der Waals surface area (Å²) in [5.74, 6) is -0.464. The Kier molecular flexibility index (Phi) is 3.15. The molecule has 0 amide bonds. The van der Waals surface area contributed by atoms with E-state index < -0.39 is 5.97 Å². The monoisotopic (exact) mass is 266 g/mol. The number of pyridine rings is 1. The van der Waals surface area contributed by atoms with E-state index in [0.717, 1.165) is 37.1 Å². The van der Waals surface area contributed by atoms with E-state index in [1.807, 2.05) is 0 Å². The van der Waals surface area contributed by atoms with Gasteiger partial charge in [0, 0.05) is 23.1 Å². The second-order valence-electron chi connectivity index (χ2n) is 5.18. The van der Waals surface area contributed by atoms with Gasteiger partial charge in [-0.3, -0.25) is 0 Å². The third-order valence-corrected chi connectivity index (χ3v) is 3.67. The van der Waals surface area contributed by atoms with E-state index >= 15 is 0 Å². The average Bonchev–Trinajstić information content (AvgIpc) is 3.24. The molecule has 0 atom stereocenters. The van der Waals surface area contributed by atoms with Gasteiger partial charge in [-0.25, -0.2) is 4.98 Å². The van der Waals surface area contributed by atoms with Crippen molar-refractivity contribution >= 4 is 17.1 Å². The maximum absolute atomic E-state index is 11.3. The zero-order valence-corrected chi connectivity index (χ0v) is 12.7. The number of carboxylic acid groups (broad SMARTS) is 1. The largest absolute Gasteiger partial charge is 1.00 e. The van der Waals surface area contributed by atoms with Gasteiger partial charge < -0.3 is 14.4 Å². The summed E-state index contributed by atoms with van der Waals surface area (Å²) in [5, 5.41) is 15.8. The van der Waals surface area contributed by atoms with Gasteiger partial charge in [-0.2, -0.15) is 0 Å². The second kappa shape index (κ2) is 4.58. The number of carbonyl (C=O) groups excluding carboxylic acids is 1. The number of rotatable bonds is 3. The fourth-order valence-electron chi connectivity index (χ4n) is 2.38. The molecule has 0 N–H and O–H groups in total. The van der Waals surface area contributed by atoms with Crippen molar-refractivity contribution < 1.29 is 44.0 Å². The number of aromatic nitrogens is 2. The van der Waals surface area contributed by atoms with Crippen LogP contribution in [0.3, 0.4) is 0 Å². The van der Waals surface area contributed by atoms with Crippen LogP contribution in [0.25, 0.3) is 11.1 Å². The molecule has 2 aromatic heterocycles. The van der Waals surface area contributed by atoms with Crippen molar-refractivity contribution in [2.75, 3.05) is 0 Å². The van der Waals surface area contributed by atoms with Crippen LogP contribution in [0.15, 0.2) is 10.6 Å². The fourth-order valence-corrected chi connectivity index (χ4v) is 2.38. The van der Waals surface area contributed by atoms with Gasteiger partial charge in [0.25, 0.3) is 5.71 Å². The predicted molar refractivity (Wildman–Crippen MR) is 60.1 cm³/mol. The van der Waals surface area contributed by atoms with E-state index in [1.165, 1.54) is 0 Å². The minimum Gasteiger partial charge on any atom is -0.545 e. The van der Waals surface area contributed by atoms with Crippen LogP contribution >= 0.6 is 0 Å². The van der Waals surface area contributed by atoms with Crippen molar-refractivity contribution in [2.24, 2.45) is 0 Å². The summed E-state index contributed by atoms with van der Waals surface area (Å²) in [6.45, 7) is 0. The van der Waals surface area contributed by atoms with Crippen LogP contribution in [-0.4, -0.2) is 16.1 Å². The molecule has 2 aliphatic carbocycles. The Morgan fingerprint density at radius 2 is 1.95 bits per heavy atom. The van der Waals surface area contributed by atoms with Crippen molar-refractivity contribution in [3.05, 3.63) is 23.0 Å². The Labute approximate surface area is 131 Å². The Morgan fingerprint density at radius 3 is 2.53 bits per heavy atom. The molecule has 92 valence electrons. The van der Waals surface area contributed by atoms with Crippen LogP contribution in [0.1, 0.15) is 59.3 Å². The molecule has 0 aliphatic heterocycles. The molecule has 0 saturated heterocycles. The van der Waals surface area contributed by atoms with Crippen LogP contribution < -0.4 is 34.7 Å². The normalized spacial score (nSPS) is 18.3. The van der Waals surface area contributed by atoms with Crippen LogP contribution in [0.2, 0.25) is 0 Å². The molecule has 0 aromatic carbocycles. The van der Waals surface area contributed by atoms with Gasteiger partial charge in [-0.1, -0.05) is 5.16 Å². The second-order valence-corrected chi connectivity index (χ2v) is 5.18. The molecule has 0 bridgehead atoms. The predicted octanol–water partition coefficient (Wildman–Crippen LogP) is -1.65. The van der Waals surface area contributed by atoms with Gasteiger partial charge in [0.2, 0.25) is 0 Å². The van der Waals surface area contributed by atoms with Gasteiger partial charge in [0.1, 0.15) is 0 Å². The number of hydrogen-bond acceptors (Lipinski definition) is 5.